The summed E-state index contributed by atoms with van der Waals surface area (Å²) in [6.07, 6.45) is 0. The van der Waals surface area contributed by atoms with Gasteiger partial charge in [0.15, 0.2) is 0 Å². The van der Waals surface area contributed by atoms with E-state index in [1.807, 2.05) is 6.92 Å². The van der Waals surface area contributed by atoms with Crippen molar-refractivity contribution in [1.29, 1.82) is 0 Å². The van der Waals surface area contributed by atoms with Gasteiger partial charge in [0.05, 0.1) is 16.9 Å². The maximum Gasteiger partial charge on any atom is 0.337 e. The van der Waals surface area contributed by atoms with Crippen LogP contribution in [0.25, 0.3) is 0 Å². The zero-order valence-electron chi connectivity index (χ0n) is 10.6. The molecule has 0 radical (unpaired) electrons. The molecule has 1 aromatic rings. The molecule has 6 nitrogen and oxygen atoms in total. The molecule has 19 heavy (non-hydrogen) atoms. The average Bonchev–Trinajstić information content (AvgIpc) is 2.34. The van der Waals surface area contributed by atoms with Crippen LogP contribution >= 0.6 is 0 Å². The number of anilines is 1. The van der Waals surface area contributed by atoms with Gasteiger partial charge in [0.25, 0.3) is 0 Å². The Labute approximate surface area is 110 Å². The molecule has 6 heteroatoms. The van der Waals surface area contributed by atoms with Gasteiger partial charge in [-0.2, -0.15) is 0 Å². The molecule has 1 aliphatic heterocycles. The number of rotatable bonds is 5. The number of ether oxygens (including phenoxy) is 1. The zero-order valence-corrected chi connectivity index (χ0v) is 10.6. The number of amides is 1. The van der Waals surface area contributed by atoms with Crippen molar-refractivity contribution in [2.45, 2.75) is 12.5 Å². The molecule has 102 valence electrons. The van der Waals surface area contributed by atoms with E-state index < -0.39 is 5.97 Å². The van der Waals surface area contributed by atoms with Crippen molar-refractivity contribution < 1.29 is 19.4 Å². The minimum absolute atomic E-state index is 0.0624. The summed E-state index contributed by atoms with van der Waals surface area (Å²) in [6.45, 7) is 3.26. The van der Waals surface area contributed by atoms with Crippen molar-refractivity contribution in [3.8, 4) is 0 Å². The van der Waals surface area contributed by atoms with Gasteiger partial charge in [0.2, 0.25) is 5.91 Å². The maximum atomic E-state index is 11.7. The first-order chi connectivity index (χ1) is 9.00. The van der Waals surface area contributed by atoms with Crippen molar-refractivity contribution >= 4 is 17.6 Å². The number of carboxylic acids is 1. The highest BCUT2D eigenvalue weighted by Gasteiger charge is 2.33. The van der Waals surface area contributed by atoms with Crippen LogP contribution in [-0.2, 0) is 9.53 Å². The lowest BCUT2D eigenvalue weighted by Crippen LogP contribution is -2.59. The predicted octanol–water partition coefficient (Wildman–Crippen LogP) is 0.702. The Kier molecular flexibility index (Phi) is 3.82. The number of para-hydroxylation sites is 1. The molecule has 0 saturated carbocycles. The molecule has 0 unspecified atom stereocenters. The highest BCUT2D eigenvalue weighted by atomic mass is 16.5. The van der Waals surface area contributed by atoms with Gasteiger partial charge in [0, 0.05) is 13.1 Å². The number of aromatic carboxylic acids is 1. The van der Waals surface area contributed by atoms with Crippen LogP contribution in [0.3, 0.4) is 0 Å². The Bertz CT molecular complexity index is 497. The molecule has 0 bridgehead atoms. The van der Waals surface area contributed by atoms with E-state index in [0.717, 1.165) is 0 Å². The zero-order chi connectivity index (χ0) is 13.9. The second-order valence-corrected chi connectivity index (χ2v) is 4.74. The SMILES string of the molecule is CC1(OCC(=O)Nc2ccccc2C(=O)O)CNC1. The van der Waals surface area contributed by atoms with Gasteiger partial charge in [-0.15, -0.1) is 0 Å². The number of carbonyl (C=O) groups is 2. The first-order valence-electron chi connectivity index (χ1n) is 5.97. The largest absolute Gasteiger partial charge is 0.478 e. The molecular formula is C13H16N2O4. The van der Waals surface area contributed by atoms with Crippen molar-refractivity contribution in [2.24, 2.45) is 0 Å². The lowest BCUT2D eigenvalue weighted by Gasteiger charge is -2.38. The lowest BCUT2D eigenvalue weighted by molar-refractivity contribution is -0.130. The molecule has 2 rings (SSSR count). The molecule has 1 saturated heterocycles. The summed E-state index contributed by atoms with van der Waals surface area (Å²) in [6, 6.07) is 6.26. The molecule has 1 amide bonds. The van der Waals surface area contributed by atoms with Crippen LogP contribution in [0.2, 0.25) is 0 Å². The van der Waals surface area contributed by atoms with Gasteiger partial charge in [-0.3, -0.25) is 4.79 Å². The van der Waals surface area contributed by atoms with Crippen LogP contribution in [-0.4, -0.2) is 42.3 Å². The topological polar surface area (TPSA) is 87.7 Å². The Morgan fingerprint density at radius 3 is 2.68 bits per heavy atom. The molecule has 0 aromatic heterocycles. The first kappa shape index (κ1) is 13.5. The van der Waals surface area contributed by atoms with Crippen molar-refractivity contribution in [3.63, 3.8) is 0 Å². The van der Waals surface area contributed by atoms with Crippen molar-refractivity contribution in [2.75, 3.05) is 25.0 Å². The van der Waals surface area contributed by atoms with Crippen LogP contribution in [0.5, 0.6) is 0 Å². The monoisotopic (exact) mass is 264 g/mol. The number of hydrogen-bond donors (Lipinski definition) is 3. The van der Waals surface area contributed by atoms with Gasteiger partial charge < -0.3 is 20.5 Å². The fraction of sp³-hybridized carbons (Fsp3) is 0.385. The molecule has 1 fully saturated rings. The summed E-state index contributed by atoms with van der Waals surface area (Å²) < 4.78 is 5.48. The Morgan fingerprint density at radius 2 is 2.11 bits per heavy atom. The minimum Gasteiger partial charge on any atom is -0.478 e. The average molecular weight is 264 g/mol. The lowest BCUT2D eigenvalue weighted by atomic mass is 10.0. The summed E-state index contributed by atoms with van der Waals surface area (Å²) in [5.74, 6) is -1.44. The number of nitrogens with one attached hydrogen (secondary N) is 2. The fourth-order valence-electron chi connectivity index (χ4n) is 1.78. The summed E-state index contributed by atoms with van der Waals surface area (Å²) in [5, 5.41) is 14.6. The number of hydrogen-bond acceptors (Lipinski definition) is 4. The van der Waals surface area contributed by atoms with Crippen molar-refractivity contribution in [1.82, 2.24) is 5.32 Å². The Balaban J connectivity index is 1.93. The number of benzene rings is 1. The van der Waals surface area contributed by atoms with Crippen LogP contribution in [0.4, 0.5) is 5.69 Å². The van der Waals surface area contributed by atoms with Gasteiger partial charge >= 0.3 is 5.97 Å². The van der Waals surface area contributed by atoms with Gasteiger partial charge in [-0.1, -0.05) is 12.1 Å². The third-order valence-electron chi connectivity index (χ3n) is 2.98. The molecule has 0 atom stereocenters. The van der Waals surface area contributed by atoms with E-state index >= 15 is 0 Å². The molecular weight excluding hydrogens is 248 g/mol. The van der Waals surface area contributed by atoms with Crippen LogP contribution < -0.4 is 10.6 Å². The second kappa shape index (κ2) is 5.38. The minimum atomic E-state index is -1.08. The summed E-state index contributed by atoms with van der Waals surface area (Å²) in [4.78, 5) is 22.7. The van der Waals surface area contributed by atoms with Gasteiger partial charge in [0.1, 0.15) is 6.61 Å². The molecule has 3 N–H and O–H groups in total. The summed E-state index contributed by atoms with van der Waals surface area (Å²) in [7, 11) is 0. The first-order valence-corrected chi connectivity index (χ1v) is 5.97. The molecule has 0 spiro atoms. The van der Waals surface area contributed by atoms with E-state index in [9.17, 15) is 9.59 Å². The molecule has 1 aliphatic rings. The number of carboxylic acid groups (broad SMARTS) is 1. The van der Waals surface area contributed by atoms with Crippen LogP contribution in [0.1, 0.15) is 17.3 Å². The van der Waals surface area contributed by atoms with E-state index in [2.05, 4.69) is 10.6 Å². The smallest absolute Gasteiger partial charge is 0.337 e. The Morgan fingerprint density at radius 1 is 1.42 bits per heavy atom. The van der Waals surface area contributed by atoms with E-state index in [1.54, 1.807) is 18.2 Å². The van der Waals surface area contributed by atoms with Crippen molar-refractivity contribution in [3.05, 3.63) is 29.8 Å². The molecule has 1 aromatic carbocycles. The third-order valence-corrected chi connectivity index (χ3v) is 2.98. The van der Waals surface area contributed by atoms with E-state index in [-0.39, 0.29) is 29.4 Å². The molecule has 1 heterocycles. The third kappa shape index (κ3) is 3.30. The van der Waals surface area contributed by atoms with Crippen LogP contribution in [0, 0.1) is 0 Å². The maximum absolute atomic E-state index is 11.7. The predicted molar refractivity (Wildman–Crippen MR) is 69.3 cm³/mol. The standard InChI is InChI=1S/C13H16N2O4/c1-13(7-14-8-13)19-6-11(16)15-10-5-3-2-4-9(10)12(17)18/h2-5,14H,6-8H2,1H3,(H,15,16)(H,17,18). The van der Waals surface area contributed by atoms with E-state index in [0.29, 0.717) is 13.1 Å². The summed E-state index contributed by atoms with van der Waals surface area (Å²) in [5.41, 5.74) is 0.0387. The fourth-order valence-corrected chi connectivity index (χ4v) is 1.78. The number of carbonyl (C=O) groups excluding carboxylic acids is 1. The van der Waals surface area contributed by atoms with Gasteiger partial charge in [-0.25, -0.2) is 4.79 Å². The Hall–Kier alpha value is -1.92. The quantitative estimate of drug-likeness (QED) is 0.728. The second-order valence-electron chi connectivity index (χ2n) is 4.74. The molecule has 0 aliphatic carbocycles. The van der Waals surface area contributed by atoms with E-state index in [1.165, 1.54) is 6.07 Å². The normalized spacial score (nSPS) is 16.5. The van der Waals surface area contributed by atoms with Crippen LogP contribution in [0.15, 0.2) is 24.3 Å². The van der Waals surface area contributed by atoms with Gasteiger partial charge in [-0.05, 0) is 19.1 Å². The highest BCUT2D eigenvalue weighted by Crippen LogP contribution is 2.17. The highest BCUT2D eigenvalue weighted by molar-refractivity contribution is 6.00. The summed E-state index contributed by atoms with van der Waals surface area (Å²) >= 11 is 0. The van der Waals surface area contributed by atoms with E-state index in [4.69, 9.17) is 9.84 Å².